The van der Waals surface area contributed by atoms with Gasteiger partial charge in [-0.25, -0.2) is 4.79 Å². The average Bonchev–Trinajstić information content (AvgIpc) is 2.70. The summed E-state index contributed by atoms with van der Waals surface area (Å²) in [7, 11) is 1.78. The molecule has 1 spiro atoms. The van der Waals surface area contributed by atoms with Gasteiger partial charge in [0.15, 0.2) is 5.78 Å². The first-order valence-electron chi connectivity index (χ1n) is 7.66. The summed E-state index contributed by atoms with van der Waals surface area (Å²) in [6.45, 7) is 6.56. The van der Waals surface area contributed by atoms with Crippen LogP contribution in [0.1, 0.15) is 40.0 Å². The van der Waals surface area contributed by atoms with Crippen LogP contribution in [0.15, 0.2) is 11.3 Å². The Kier molecular flexibility index (Phi) is 4.31. The zero-order chi connectivity index (χ0) is 16.5. The molecule has 0 atom stereocenters. The fraction of sp³-hybridized carbons (Fsp3) is 0.688. The smallest absolute Gasteiger partial charge is 0.410 e. The highest BCUT2D eigenvalue weighted by Crippen LogP contribution is 2.45. The van der Waals surface area contributed by atoms with Crippen molar-refractivity contribution in [3.8, 4) is 0 Å². The highest BCUT2D eigenvalue weighted by molar-refractivity contribution is 6.17. The third-order valence-electron chi connectivity index (χ3n) is 4.38. The third kappa shape index (κ3) is 3.00. The largest absolute Gasteiger partial charge is 0.444 e. The minimum absolute atomic E-state index is 0.0377. The highest BCUT2D eigenvalue weighted by Gasteiger charge is 2.48. The summed E-state index contributed by atoms with van der Waals surface area (Å²) in [5.41, 5.74) is 0.354. The minimum atomic E-state index is -0.510. The lowest BCUT2D eigenvalue weighted by atomic mass is 9.74. The molecule has 1 aliphatic carbocycles. The van der Waals surface area contributed by atoms with E-state index in [1.807, 2.05) is 20.8 Å². The Morgan fingerprint density at radius 3 is 2.36 bits per heavy atom. The summed E-state index contributed by atoms with van der Waals surface area (Å²) in [6.07, 6.45) is 2.70. The van der Waals surface area contributed by atoms with Crippen LogP contribution in [-0.2, 0) is 9.53 Å². The first-order valence-corrected chi connectivity index (χ1v) is 7.66. The van der Waals surface area contributed by atoms with Gasteiger partial charge in [0, 0.05) is 43.9 Å². The Morgan fingerprint density at radius 1 is 1.36 bits per heavy atom. The summed E-state index contributed by atoms with van der Waals surface area (Å²) >= 11 is 0. The molecule has 2 rings (SSSR count). The number of ketones is 1. The molecule has 0 radical (unpaired) electrons. The standard InChI is InChI=1S/C16H25N3O3/c1-15(2,3)22-14(21)19-7-5-16(6-8-19)9-12(18-4)11(10-17)13(16)20/h10,17-18H,5-9H2,1-4H3. The van der Waals surface area contributed by atoms with Crippen LogP contribution in [-0.4, -0.2) is 48.7 Å². The molecule has 0 unspecified atom stereocenters. The maximum Gasteiger partial charge on any atom is 0.410 e. The topological polar surface area (TPSA) is 82.5 Å². The van der Waals surface area contributed by atoms with E-state index in [9.17, 15) is 9.59 Å². The van der Waals surface area contributed by atoms with Crippen molar-refractivity contribution in [1.82, 2.24) is 10.2 Å². The zero-order valence-electron chi connectivity index (χ0n) is 13.8. The summed E-state index contributed by atoms with van der Waals surface area (Å²) in [5.74, 6) is 0.0377. The molecule has 1 amide bonds. The van der Waals surface area contributed by atoms with E-state index in [1.165, 1.54) is 0 Å². The molecular formula is C16H25N3O3. The first kappa shape index (κ1) is 16.5. The number of likely N-dealkylation sites (tertiary alicyclic amines) is 1. The number of hydrogen-bond acceptors (Lipinski definition) is 5. The molecule has 122 valence electrons. The lowest BCUT2D eigenvalue weighted by Crippen LogP contribution is -2.47. The average molecular weight is 307 g/mol. The van der Waals surface area contributed by atoms with E-state index >= 15 is 0 Å². The van der Waals surface area contributed by atoms with Gasteiger partial charge in [-0.3, -0.25) is 4.79 Å². The van der Waals surface area contributed by atoms with Gasteiger partial charge in [-0.05, 0) is 33.6 Å². The van der Waals surface area contributed by atoms with Crippen molar-refractivity contribution >= 4 is 18.1 Å². The number of amides is 1. The van der Waals surface area contributed by atoms with E-state index in [-0.39, 0.29) is 11.9 Å². The van der Waals surface area contributed by atoms with Crippen molar-refractivity contribution in [3.63, 3.8) is 0 Å². The van der Waals surface area contributed by atoms with Gasteiger partial charge in [0.25, 0.3) is 0 Å². The molecule has 0 aromatic rings. The number of ether oxygens (including phenoxy) is 1. The van der Waals surface area contributed by atoms with Crippen molar-refractivity contribution in [2.45, 2.75) is 45.6 Å². The Bertz CT molecular complexity index is 523. The predicted molar refractivity (Wildman–Crippen MR) is 84.0 cm³/mol. The van der Waals surface area contributed by atoms with Crippen molar-refractivity contribution in [2.24, 2.45) is 5.41 Å². The van der Waals surface area contributed by atoms with E-state index in [0.717, 1.165) is 11.9 Å². The van der Waals surface area contributed by atoms with Gasteiger partial charge in [0.2, 0.25) is 0 Å². The molecule has 1 heterocycles. The normalized spacial score (nSPS) is 21.3. The number of allylic oxidation sites excluding steroid dienone is 2. The molecule has 0 aromatic heterocycles. The Hall–Kier alpha value is -1.85. The van der Waals surface area contributed by atoms with Gasteiger partial charge in [0.1, 0.15) is 5.60 Å². The second-order valence-corrected chi connectivity index (χ2v) is 7.04. The number of nitrogens with one attached hydrogen (secondary N) is 2. The van der Waals surface area contributed by atoms with Crippen LogP contribution in [0.25, 0.3) is 0 Å². The molecule has 22 heavy (non-hydrogen) atoms. The number of Topliss-reactive ketones (excluding diaryl/α,β-unsaturated/α-hetero) is 1. The summed E-state index contributed by atoms with van der Waals surface area (Å²) < 4.78 is 5.38. The Labute approximate surface area is 131 Å². The van der Waals surface area contributed by atoms with Crippen LogP contribution in [0.2, 0.25) is 0 Å². The van der Waals surface area contributed by atoms with Crippen LogP contribution >= 0.6 is 0 Å². The van der Waals surface area contributed by atoms with E-state index in [4.69, 9.17) is 10.1 Å². The van der Waals surface area contributed by atoms with Gasteiger partial charge in [-0.2, -0.15) is 0 Å². The maximum absolute atomic E-state index is 12.6. The van der Waals surface area contributed by atoms with E-state index in [0.29, 0.717) is 37.9 Å². The molecule has 6 heteroatoms. The molecular weight excluding hydrogens is 282 g/mol. The van der Waals surface area contributed by atoms with Gasteiger partial charge in [-0.1, -0.05) is 0 Å². The Balaban J connectivity index is 2.03. The second-order valence-electron chi connectivity index (χ2n) is 7.04. The maximum atomic E-state index is 12.6. The molecule has 1 saturated heterocycles. The molecule has 2 aliphatic rings. The number of nitrogens with zero attached hydrogens (tertiary/aromatic N) is 1. The number of piperidine rings is 1. The molecule has 0 bridgehead atoms. The van der Waals surface area contributed by atoms with Crippen molar-refractivity contribution < 1.29 is 14.3 Å². The monoisotopic (exact) mass is 307 g/mol. The quantitative estimate of drug-likeness (QED) is 0.765. The summed E-state index contributed by atoms with van der Waals surface area (Å²) in [6, 6.07) is 0. The van der Waals surface area contributed by atoms with Crippen molar-refractivity contribution in [2.75, 3.05) is 20.1 Å². The second kappa shape index (κ2) is 5.74. The number of hydrogen-bond donors (Lipinski definition) is 2. The van der Waals surface area contributed by atoms with E-state index < -0.39 is 11.0 Å². The van der Waals surface area contributed by atoms with Crippen LogP contribution in [0.3, 0.4) is 0 Å². The molecule has 1 aliphatic heterocycles. The molecule has 2 N–H and O–H groups in total. The molecule has 0 saturated carbocycles. The van der Waals surface area contributed by atoms with Crippen molar-refractivity contribution in [3.05, 3.63) is 11.3 Å². The fourth-order valence-electron chi connectivity index (χ4n) is 3.16. The SMILES string of the molecule is CNC1=C(C=N)C(=O)C2(CCN(C(=O)OC(C)(C)C)CC2)C1. The summed E-state index contributed by atoms with van der Waals surface area (Å²) in [4.78, 5) is 26.4. The lowest BCUT2D eigenvalue weighted by Gasteiger charge is -2.38. The van der Waals surface area contributed by atoms with E-state index in [1.54, 1.807) is 11.9 Å². The highest BCUT2D eigenvalue weighted by atomic mass is 16.6. The number of rotatable bonds is 2. The van der Waals surface area contributed by atoms with Crippen LogP contribution in [0.4, 0.5) is 4.79 Å². The minimum Gasteiger partial charge on any atom is -0.444 e. The van der Waals surface area contributed by atoms with Gasteiger partial charge < -0.3 is 20.4 Å². The number of carbonyl (C=O) groups excluding carboxylic acids is 2. The van der Waals surface area contributed by atoms with Crippen molar-refractivity contribution in [1.29, 1.82) is 5.41 Å². The number of carbonyl (C=O) groups is 2. The summed E-state index contributed by atoms with van der Waals surface area (Å²) in [5, 5.41) is 10.5. The molecule has 1 fully saturated rings. The van der Waals surface area contributed by atoms with E-state index in [2.05, 4.69) is 5.32 Å². The lowest BCUT2D eigenvalue weighted by molar-refractivity contribution is -0.125. The predicted octanol–water partition coefficient (Wildman–Crippen LogP) is 2.10. The van der Waals surface area contributed by atoms with Gasteiger partial charge in [-0.15, -0.1) is 0 Å². The molecule has 0 aromatic carbocycles. The van der Waals surface area contributed by atoms with Gasteiger partial charge in [0.05, 0.1) is 5.57 Å². The van der Waals surface area contributed by atoms with Crippen LogP contribution in [0.5, 0.6) is 0 Å². The Morgan fingerprint density at radius 2 is 1.95 bits per heavy atom. The fourth-order valence-corrected chi connectivity index (χ4v) is 3.16. The first-order chi connectivity index (χ1) is 10.2. The zero-order valence-corrected chi connectivity index (χ0v) is 13.8. The molecule has 6 nitrogen and oxygen atoms in total. The third-order valence-corrected chi connectivity index (χ3v) is 4.38. The van der Waals surface area contributed by atoms with Crippen LogP contribution in [0, 0.1) is 10.8 Å². The van der Waals surface area contributed by atoms with Gasteiger partial charge >= 0.3 is 6.09 Å². The van der Waals surface area contributed by atoms with Crippen LogP contribution < -0.4 is 5.32 Å².